The molecule has 0 bridgehead atoms. The Kier molecular flexibility index (Phi) is 3.68. The van der Waals surface area contributed by atoms with E-state index in [0.717, 1.165) is 5.92 Å². The molecule has 0 saturated carbocycles. The van der Waals surface area contributed by atoms with Gasteiger partial charge in [0.15, 0.2) is 0 Å². The topological polar surface area (TPSA) is 15.3 Å². The summed E-state index contributed by atoms with van der Waals surface area (Å²) in [6, 6.07) is 0. The van der Waals surface area contributed by atoms with Gasteiger partial charge in [0.05, 0.1) is 0 Å². The largest absolute Gasteiger partial charge is 0.316 e. The molecule has 2 aliphatic heterocycles. The van der Waals surface area contributed by atoms with E-state index in [9.17, 15) is 0 Å². The Morgan fingerprint density at radius 2 is 2.07 bits per heavy atom. The molecule has 0 amide bonds. The zero-order valence-electron chi connectivity index (χ0n) is 10.4. The monoisotopic (exact) mass is 210 g/mol. The molecule has 0 aromatic carbocycles. The van der Waals surface area contributed by atoms with Gasteiger partial charge in [-0.05, 0) is 70.1 Å². The van der Waals surface area contributed by atoms with Crippen molar-refractivity contribution in [3.63, 3.8) is 0 Å². The number of hydrogen-bond donors (Lipinski definition) is 1. The summed E-state index contributed by atoms with van der Waals surface area (Å²) in [6.07, 6.45) is 7.07. The zero-order chi connectivity index (χ0) is 10.7. The third-order valence-corrected chi connectivity index (χ3v) is 4.79. The molecule has 2 saturated heterocycles. The van der Waals surface area contributed by atoms with E-state index in [-0.39, 0.29) is 0 Å². The van der Waals surface area contributed by atoms with Crippen molar-refractivity contribution in [2.45, 2.75) is 39.0 Å². The first-order valence-corrected chi connectivity index (χ1v) is 6.66. The fourth-order valence-corrected chi connectivity index (χ4v) is 3.55. The van der Waals surface area contributed by atoms with Gasteiger partial charge in [-0.3, -0.25) is 0 Å². The normalized spacial score (nSPS) is 35.6. The van der Waals surface area contributed by atoms with Crippen LogP contribution in [-0.2, 0) is 0 Å². The Morgan fingerprint density at radius 1 is 1.33 bits per heavy atom. The number of piperidine rings is 2. The molecule has 0 aliphatic carbocycles. The molecule has 2 heterocycles. The highest BCUT2D eigenvalue weighted by Gasteiger charge is 2.39. The lowest BCUT2D eigenvalue weighted by atomic mass is 9.65. The van der Waals surface area contributed by atoms with Crippen molar-refractivity contribution < 1.29 is 0 Å². The molecule has 1 N–H and O–H groups in total. The van der Waals surface area contributed by atoms with E-state index < -0.39 is 0 Å². The van der Waals surface area contributed by atoms with Gasteiger partial charge < -0.3 is 10.2 Å². The van der Waals surface area contributed by atoms with Crippen LogP contribution in [0.15, 0.2) is 0 Å². The van der Waals surface area contributed by atoms with Crippen LogP contribution in [0.3, 0.4) is 0 Å². The highest BCUT2D eigenvalue weighted by Crippen LogP contribution is 2.42. The van der Waals surface area contributed by atoms with Crippen molar-refractivity contribution in [2.24, 2.45) is 11.3 Å². The van der Waals surface area contributed by atoms with Gasteiger partial charge in [-0.25, -0.2) is 0 Å². The summed E-state index contributed by atoms with van der Waals surface area (Å²) >= 11 is 0. The maximum absolute atomic E-state index is 3.62. The molecule has 0 aromatic heterocycles. The summed E-state index contributed by atoms with van der Waals surface area (Å²) in [5.74, 6) is 0.978. The van der Waals surface area contributed by atoms with Crippen LogP contribution in [0.2, 0.25) is 0 Å². The molecule has 0 radical (unpaired) electrons. The third kappa shape index (κ3) is 2.36. The second-order valence-electron chi connectivity index (χ2n) is 5.57. The Bertz CT molecular complexity index is 189. The fourth-order valence-electron chi connectivity index (χ4n) is 3.55. The van der Waals surface area contributed by atoms with Crippen LogP contribution in [-0.4, -0.2) is 38.1 Å². The summed E-state index contributed by atoms with van der Waals surface area (Å²) in [6.45, 7) is 7.54. The van der Waals surface area contributed by atoms with Crippen LogP contribution < -0.4 is 5.32 Å². The molecule has 2 fully saturated rings. The number of rotatable bonds is 2. The first-order chi connectivity index (χ1) is 7.27. The average Bonchev–Trinajstić information content (AvgIpc) is 2.31. The van der Waals surface area contributed by atoms with Gasteiger partial charge in [0.1, 0.15) is 0 Å². The van der Waals surface area contributed by atoms with E-state index in [4.69, 9.17) is 0 Å². The molecular weight excluding hydrogens is 184 g/mol. The SMILES string of the molecule is CCC1(C2CCN(C)CC2)CCCNC1. The van der Waals surface area contributed by atoms with Crippen LogP contribution in [0, 0.1) is 11.3 Å². The van der Waals surface area contributed by atoms with Gasteiger partial charge in [0, 0.05) is 6.54 Å². The van der Waals surface area contributed by atoms with E-state index >= 15 is 0 Å². The molecule has 2 heteroatoms. The number of nitrogens with zero attached hydrogens (tertiary/aromatic N) is 1. The fraction of sp³-hybridized carbons (Fsp3) is 1.00. The van der Waals surface area contributed by atoms with Gasteiger partial charge in [-0.2, -0.15) is 0 Å². The highest BCUT2D eigenvalue weighted by molar-refractivity contribution is 4.92. The lowest BCUT2D eigenvalue weighted by Crippen LogP contribution is -2.47. The standard InChI is InChI=1S/C13H26N2/c1-3-13(7-4-8-14-11-13)12-5-9-15(2)10-6-12/h12,14H,3-11H2,1-2H3. The molecule has 2 nitrogen and oxygen atoms in total. The quantitative estimate of drug-likeness (QED) is 0.751. The third-order valence-electron chi connectivity index (χ3n) is 4.79. The maximum atomic E-state index is 3.62. The van der Waals surface area contributed by atoms with Crippen molar-refractivity contribution in [3.05, 3.63) is 0 Å². The molecule has 88 valence electrons. The van der Waals surface area contributed by atoms with Crippen molar-refractivity contribution in [1.29, 1.82) is 0 Å². The van der Waals surface area contributed by atoms with E-state index in [2.05, 4.69) is 24.2 Å². The van der Waals surface area contributed by atoms with Gasteiger partial charge in [0.25, 0.3) is 0 Å². The Balaban J connectivity index is 1.98. The van der Waals surface area contributed by atoms with Crippen molar-refractivity contribution in [1.82, 2.24) is 10.2 Å². The minimum absolute atomic E-state index is 0.638. The minimum atomic E-state index is 0.638. The van der Waals surface area contributed by atoms with Crippen molar-refractivity contribution in [3.8, 4) is 0 Å². The smallest absolute Gasteiger partial charge is 0.00104 e. The maximum Gasteiger partial charge on any atom is 0.00104 e. The number of hydrogen-bond acceptors (Lipinski definition) is 2. The second kappa shape index (κ2) is 4.84. The molecule has 15 heavy (non-hydrogen) atoms. The van der Waals surface area contributed by atoms with Gasteiger partial charge in [-0.1, -0.05) is 6.92 Å². The summed E-state index contributed by atoms with van der Waals surface area (Å²) in [4.78, 5) is 2.48. The first-order valence-electron chi connectivity index (χ1n) is 6.66. The van der Waals surface area contributed by atoms with Crippen LogP contribution >= 0.6 is 0 Å². The predicted molar refractivity (Wildman–Crippen MR) is 65.0 cm³/mol. The highest BCUT2D eigenvalue weighted by atomic mass is 15.1. The van der Waals surface area contributed by atoms with Crippen molar-refractivity contribution in [2.75, 3.05) is 33.2 Å². The van der Waals surface area contributed by atoms with Crippen molar-refractivity contribution >= 4 is 0 Å². The van der Waals surface area contributed by atoms with Crippen LogP contribution in [0.25, 0.3) is 0 Å². The first kappa shape index (κ1) is 11.4. The lowest BCUT2D eigenvalue weighted by Gasteiger charge is -2.46. The average molecular weight is 210 g/mol. The molecule has 1 unspecified atom stereocenters. The Hall–Kier alpha value is -0.0800. The molecule has 1 atom stereocenters. The summed E-state index contributed by atoms with van der Waals surface area (Å²) in [5.41, 5.74) is 0.638. The van der Waals surface area contributed by atoms with Gasteiger partial charge in [0.2, 0.25) is 0 Å². The van der Waals surface area contributed by atoms with E-state index in [1.165, 1.54) is 58.3 Å². The molecule has 2 rings (SSSR count). The number of nitrogens with one attached hydrogen (secondary N) is 1. The predicted octanol–water partition coefficient (Wildman–Crippen LogP) is 2.11. The molecule has 0 aromatic rings. The van der Waals surface area contributed by atoms with Crippen LogP contribution in [0.1, 0.15) is 39.0 Å². The molecule has 0 spiro atoms. The van der Waals surface area contributed by atoms with Crippen LogP contribution in [0.4, 0.5) is 0 Å². The second-order valence-corrected chi connectivity index (χ2v) is 5.57. The van der Waals surface area contributed by atoms with E-state index in [0.29, 0.717) is 5.41 Å². The van der Waals surface area contributed by atoms with Gasteiger partial charge in [-0.15, -0.1) is 0 Å². The Morgan fingerprint density at radius 3 is 2.60 bits per heavy atom. The summed E-state index contributed by atoms with van der Waals surface area (Å²) in [5, 5.41) is 3.62. The van der Waals surface area contributed by atoms with Crippen LogP contribution in [0.5, 0.6) is 0 Å². The Labute approximate surface area is 94.4 Å². The van der Waals surface area contributed by atoms with Gasteiger partial charge >= 0.3 is 0 Å². The molecule has 2 aliphatic rings. The zero-order valence-corrected chi connectivity index (χ0v) is 10.4. The minimum Gasteiger partial charge on any atom is -0.316 e. The van der Waals surface area contributed by atoms with E-state index in [1.54, 1.807) is 0 Å². The number of likely N-dealkylation sites (tertiary alicyclic amines) is 1. The van der Waals surface area contributed by atoms with E-state index in [1.807, 2.05) is 0 Å². The summed E-state index contributed by atoms with van der Waals surface area (Å²) in [7, 11) is 2.26. The molecular formula is C13H26N2. The summed E-state index contributed by atoms with van der Waals surface area (Å²) < 4.78 is 0. The lowest BCUT2D eigenvalue weighted by molar-refractivity contribution is 0.0555.